The minimum atomic E-state index is -0.181. The lowest BCUT2D eigenvalue weighted by atomic mass is 10.0. The van der Waals surface area contributed by atoms with Gasteiger partial charge in [-0.1, -0.05) is 18.2 Å². The molecule has 0 radical (unpaired) electrons. The first-order chi connectivity index (χ1) is 26.4. The molecule has 54 heavy (non-hydrogen) atoms. The number of aliphatic imine (C=N–C) groups is 1. The average Bonchev–Trinajstić information content (AvgIpc) is 3.91. The highest BCUT2D eigenvalue weighted by Gasteiger charge is 2.34. The summed E-state index contributed by atoms with van der Waals surface area (Å²) in [6, 6.07) is 21.6. The van der Waals surface area contributed by atoms with Crippen LogP contribution >= 0.6 is 0 Å². The van der Waals surface area contributed by atoms with E-state index in [0.29, 0.717) is 72.0 Å². The summed E-state index contributed by atoms with van der Waals surface area (Å²) < 4.78 is 34.9. The number of anilines is 2. The van der Waals surface area contributed by atoms with Crippen molar-refractivity contribution in [2.45, 2.75) is 37.9 Å². The van der Waals surface area contributed by atoms with Gasteiger partial charge in [-0.3, -0.25) is 9.79 Å². The van der Waals surface area contributed by atoms with Crippen LogP contribution in [0.4, 0.5) is 17.1 Å². The predicted octanol–water partition coefficient (Wildman–Crippen LogP) is 6.88. The Kier molecular flexibility index (Phi) is 8.64. The fraction of sp³-hybridized carbons (Fsp3) is 0.286. The molecule has 2 atom stereocenters. The number of nitrogens with two attached hydrogens (primary N) is 1. The van der Waals surface area contributed by atoms with Gasteiger partial charge in [0, 0.05) is 68.1 Å². The third-order valence-electron chi connectivity index (χ3n) is 10.6. The summed E-state index contributed by atoms with van der Waals surface area (Å²) >= 11 is 0. The number of carbonyl (C=O) groups is 1. The Labute approximate surface area is 313 Å². The molecule has 5 aliphatic rings. The third kappa shape index (κ3) is 6.27. The maximum Gasteiger partial charge on any atom is 0.260 e. The molecule has 0 spiro atoms. The Hall–Kier alpha value is -6.30. The molecule has 9 rings (SSSR count). The highest BCUT2D eigenvalue weighted by molar-refractivity contribution is 6.05. The summed E-state index contributed by atoms with van der Waals surface area (Å²) in [5.74, 6) is 3.80. The highest BCUT2D eigenvalue weighted by atomic mass is 16.7. The van der Waals surface area contributed by atoms with Crippen molar-refractivity contribution in [3.8, 4) is 34.5 Å². The van der Waals surface area contributed by atoms with Crippen LogP contribution in [-0.4, -0.2) is 74.8 Å². The lowest BCUT2D eigenvalue weighted by Gasteiger charge is -2.22. The van der Waals surface area contributed by atoms with Gasteiger partial charge in [0.2, 0.25) is 6.79 Å². The van der Waals surface area contributed by atoms with Crippen LogP contribution < -0.4 is 39.5 Å². The summed E-state index contributed by atoms with van der Waals surface area (Å²) in [5.41, 5.74) is 14.3. The van der Waals surface area contributed by atoms with Crippen LogP contribution in [0, 0.1) is 0 Å². The van der Waals surface area contributed by atoms with Gasteiger partial charge in [0.1, 0.15) is 0 Å². The molecule has 4 aromatic carbocycles. The second-order valence-corrected chi connectivity index (χ2v) is 13.9. The maximum atomic E-state index is 13.7. The van der Waals surface area contributed by atoms with Gasteiger partial charge in [0.25, 0.3) is 5.91 Å². The molecule has 276 valence electrons. The van der Waals surface area contributed by atoms with E-state index in [1.54, 1.807) is 31.3 Å². The second-order valence-electron chi connectivity index (χ2n) is 13.9. The van der Waals surface area contributed by atoms with Gasteiger partial charge in [-0.15, -0.1) is 0 Å². The first-order valence-electron chi connectivity index (χ1n) is 18.2. The monoisotopic (exact) mass is 727 g/mol. The largest absolute Gasteiger partial charge is 0.493 e. The molecule has 0 saturated heterocycles. The molecule has 0 bridgehead atoms. The van der Waals surface area contributed by atoms with Gasteiger partial charge in [0.05, 0.1) is 50.8 Å². The molecule has 4 aromatic rings. The molecule has 1 amide bonds. The summed E-state index contributed by atoms with van der Waals surface area (Å²) in [7, 11) is 3.23. The number of nitrogens with one attached hydrogen (secondary N) is 1. The normalized spacial score (nSPS) is 19.0. The summed E-state index contributed by atoms with van der Waals surface area (Å²) in [5, 5.41) is 3.65. The van der Waals surface area contributed by atoms with Crippen LogP contribution in [0.3, 0.4) is 0 Å². The van der Waals surface area contributed by atoms with Crippen molar-refractivity contribution in [1.29, 1.82) is 0 Å². The molecule has 5 aliphatic heterocycles. The number of nitrogen functional groups attached to an aromatic ring is 1. The van der Waals surface area contributed by atoms with Crippen molar-refractivity contribution in [3.63, 3.8) is 0 Å². The van der Waals surface area contributed by atoms with Crippen LogP contribution in [-0.2, 0) is 6.54 Å². The molecule has 0 fully saturated rings. The SMILES string of the molecule is COc1cc2c(cc1OCCCOc1cc3c(cc1OC)CN1C=C(c4ccc5c(c4)OCO5)C[C@H]1CN3)N=C[C@@H]1CC(c3ccc(N)cc3)=CN1C2=O. The summed E-state index contributed by atoms with van der Waals surface area (Å²) in [6.07, 6.45) is 8.20. The molecule has 12 heteroatoms. The first-order valence-corrected chi connectivity index (χ1v) is 18.2. The first kappa shape index (κ1) is 33.5. The van der Waals surface area contributed by atoms with Crippen molar-refractivity contribution in [1.82, 2.24) is 9.80 Å². The van der Waals surface area contributed by atoms with E-state index in [0.717, 1.165) is 59.0 Å². The number of rotatable bonds is 10. The Morgan fingerprint density at radius 2 is 1.57 bits per heavy atom. The molecule has 3 N–H and O–H groups in total. The Bertz CT molecular complexity index is 2220. The minimum Gasteiger partial charge on any atom is -0.493 e. The molecular weight excluding hydrogens is 686 g/mol. The highest BCUT2D eigenvalue weighted by Crippen LogP contribution is 2.42. The van der Waals surface area contributed by atoms with E-state index >= 15 is 0 Å². The zero-order chi connectivity index (χ0) is 36.8. The van der Waals surface area contributed by atoms with Gasteiger partial charge >= 0.3 is 0 Å². The van der Waals surface area contributed by atoms with Crippen molar-refractivity contribution < 1.29 is 33.2 Å². The van der Waals surface area contributed by atoms with E-state index in [2.05, 4.69) is 34.6 Å². The Morgan fingerprint density at radius 3 is 2.39 bits per heavy atom. The zero-order valence-corrected chi connectivity index (χ0v) is 30.2. The Balaban J connectivity index is 0.827. The van der Waals surface area contributed by atoms with Gasteiger partial charge in [-0.05, 0) is 70.7 Å². The summed E-state index contributed by atoms with van der Waals surface area (Å²) in [4.78, 5) is 22.6. The smallest absolute Gasteiger partial charge is 0.260 e. The van der Waals surface area contributed by atoms with Gasteiger partial charge in [-0.25, -0.2) is 0 Å². The number of ether oxygens (including phenoxy) is 6. The Morgan fingerprint density at radius 1 is 0.833 bits per heavy atom. The molecule has 0 aromatic heterocycles. The number of methoxy groups -OCH3 is 2. The van der Waals surface area contributed by atoms with Crippen molar-refractivity contribution in [3.05, 3.63) is 101 Å². The molecular formula is C42H41N5O7. The van der Waals surface area contributed by atoms with Crippen molar-refractivity contribution in [2.75, 3.05) is 51.8 Å². The second kappa shape index (κ2) is 13.9. The molecule has 0 aliphatic carbocycles. The van der Waals surface area contributed by atoms with E-state index in [9.17, 15) is 4.79 Å². The fourth-order valence-electron chi connectivity index (χ4n) is 7.67. The number of hydrogen-bond donors (Lipinski definition) is 2. The van der Waals surface area contributed by atoms with Crippen molar-refractivity contribution >= 4 is 40.3 Å². The van der Waals surface area contributed by atoms with E-state index in [4.69, 9.17) is 39.1 Å². The number of carbonyl (C=O) groups excluding carboxylic acids is 1. The number of fused-ring (bicyclic) bond motifs is 5. The van der Waals surface area contributed by atoms with E-state index in [1.807, 2.05) is 48.8 Å². The number of hydrogen-bond acceptors (Lipinski definition) is 11. The van der Waals surface area contributed by atoms with Crippen LogP contribution in [0.1, 0.15) is 46.3 Å². The van der Waals surface area contributed by atoms with E-state index in [-0.39, 0.29) is 18.7 Å². The lowest BCUT2D eigenvalue weighted by Crippen LogP contribution is -2.32. The zero-order valence-electron chi connectivity index (χ0n) is 30.2. The standard InChI is InChI=1S/C42H41N5O7/c1-49-37-15-29-22-46-21-27(26-6-9-36-39(14-26)54-24-53-36)12-31(46)19-44-34(29)17-40(37)51-10-3-11-52-41-18-35-33(16-38(41)50-2)42(48)47-23-28(13-32(47)20-45-35)25-4-7-30(43)8-5-25/h4-9,14-18,20-21,23,31-32,44H,3,10-13,19,22,24,43H2,1-2H3/t31-,32-/m0/s1. The molecule has 12 nitrogen and oxygen atoms in total. The van der Waals surface area contributed by atoms with Crippen LogP contribution in [0.5, 0.6) is 34.5 Å². The number of amides is 1. The topological polar surface area (TPSA) is 129 Å². The predicted molar refractivity (Wildman–Crippen MR) is 206 cm³/mol. The van der Waals surface area contributed by atoms with E-state index < -0.39 is 0 Å². The lowest BCUT2D eigenvalue weighted by molar-refractivity contribution is 0.0817. The molecule has 5 heterocycles. The number of benzene rings is 4. The molecule has 0 saturated carbocycles. The number of nitrogens with zero attached hydrogens (tertiary/aromatic N) is 3. The quantitative estimate of drug-likeness (QED) is 0.132. The molecule has 0 unspecified atom stereocenters. The minimum absolute atomic E-state index is 0.136. The van der Waals surface area contributed by atoms with Gasteiger partial charge in [-0.2, -0.15) is 0 Å². The van der Waals surface area contributed by atoms with Crippen LogP contribution in [0.2, 0.25) is 0 Å². The fourth-order valence-corrected chi connectivity index (χ4v) is 7.67. The van der Waals surface area contributed by atoms with Gasteiger partial charge < -0.3 is 49.3 Å². The van der Waals surface area contributed by atoms with Crippen molar-refractivity contribution in [2.24, 2.45) is 4.99 Å². The average molecular weight is 728 g/mol. The third-order valence-corrected chi connectivity index (χ3v) is 10.6. The summed E-state index contributed by atoms with van der Waals surface area (Å²) in [6.45, 7) is 2.61. The van der Waals surface area contributed by atoms with Crippen LogP contribution in [0.25, 0.3) is 11.1 Å². The van der Waals surface area contributed by atoms with E-state index in [1.165, 1.54) is 5.57 Å². The van der Waals surface area contributed by atoms with Crippen LogP contribution in [0.15, 0.2) is 84.1 Å². The van der Waals surface area contributed by atoms with Gasteiger partial charge in [0.15, 0.2) is 34.5 Å². The maximum absolute atomic E-state index is 13.7.